The lowest BCUT2D eigenvalue weighted by Gasteiger charge is -2.08. The third-order valence-electron chi connectivity index (χ3n) is 4.63. The van der Waals surface area contributed by atoms with E-state index in [1.807, 2.05) is 60.7 Å². The normalized spacial score (nSPS) is 11.4. The first kappa shape index (κ1) is 19.3. The van der Waals surface area contributed by atoms with Gasteiger partial charge in [0.05, 0.1) is 5.71 Å². The second kappa shape index (κ2) is 8.53. The van der Waals surface area contributed by atoms with E-state index in [1.165, 1.54) is 0 Å². The van der Waals surface area contributed by atoms with Crippen molar-refractivity contribution in [2.45, 2.75) is 13.5 Å². The van der Waals surface area contributed by atoms with Crippen LogP contribution in [0.1, 0.15) is 28.8 Å². The minimum absolute atomic E-state index is 0.126. The summed E-state index contributed by atoms with van der Waals surface area (Å²) >= 11 is 0. The van der Waals surface area contributed by atoms with E-state index in [1.54, 1.807) is 25.1 Å². The second-order valence-electron chi connectivity index (χ2n) is 6.69. The SMILES string of the molecule is C/C(=N\NC(=O)c1ccc(COc2ccccc2)o1)c1ccc2ccccc2c1O. The molecule has 0 aliphatic heterocycles. The molecule has 6 nitrogen and oxygen atoms in total. The molecule has 0 spiro atoms. The van der Waals surface area contributed by atoms with E-state index in [-0.39, 0.29) is 18.1 Å². The van der Waals surface area contributed by atoms with Gasteiger partial charge in [-0.05, 0) is 42.6 Å². The zero-order valence-corrected chi connectivity index (χ0v) is 16.3. The van der Waals surface area contributed by atoms with Crippen LogP contribution in [-0.2, 0) is 6.61 Å². The number of carbonyl (C=O) groups excluding carboxylic acids is 1. The summed E-state index contributed by atoms with van der Waals surface area (Å²) in [6, 6.07) is 23.8. The topological polar surface area (TPSA) is 84.1 Å². The number of fused-ring (bicyclic) bond motifs is 1. The number of rotatable bonds is 6. The van der Waals surface area contributed by atoms with E-state index in [0.717, 1.165) is 16.5 Å². The van der Waals surface area contributed by atoms with Gasteiger partial charge in [-0.2, -0.15) is 5.10 Å². The van der Waals surface area contributed by atoms with Crippen molar-refractivity contribution < 1.29 is 19.1 Å². The molecule has 0 atom stereocenters. The first-order valence-corrected chi connectivity index (χ1v) is 9.44. The summed E-state index contributed by atoms with van der Waals surface area (Å²) in [7, 11) is 0. The van der Waals surface area contributed by atoms with Crippen LogP contribution in [0.15, 0.2) is 88.4 Å². The third-order valence-corrected chi connectivity index (χ3v) is 4.63. The molecule has 0 radical (unpaired) electrons. The van der Waals surface area contributed by atoms with Gasteiger partial charge in [0, 0.05) is 10.9 Å². The molecular formula is C24H20N2O4. The van der Waals surface area contributed by atoms with Crippen molar-refractivity contribution in [2.24, 2.45) is 5.10 Å². The van der Waals surface area contributed by atoms with Crippen LogP contribution in [0.2, 0.25) is 0 Å². The van der Waals surface area contributed by atoms with E-state index in [0.29, 0.717) is 17.0 Å². The van der Waals surface area contributed by atoms with Crippen LogP contribution in [0.4, 0.5) is 0 Å². The van der Waals surface area contributed by atoms with Crippen LogP contribution in [0.25, 0.3) is 10.8 Å². The van der Waals surface area contributed by atoms with Gasteiger partial charge in [0.25, 0.3) is 0 Å². The van der Waals surface area contributed by atoms with Gasteiger partial charge in [0.2, 0.25) is 0 Å². The number of amides is 1. The molecule has 150 valence electrons. The van der Waals surface area contributed by atoms with E-state index in [4.69, 9.17) is 9.15 Å². The second-order valence-corrected chi connectivity index (χ2v) is 6.69. The molecule has 0 unspecified atom stereocenters. The van der Waals surface area contributed by atoms with Gasteiger partial charge in [-0.15, -0.1) is 0 Å². The molecule has 2 N–H and O–H groups in total. The molecule has 0 saturated carbocycles. The summed E-state index contributed by atoms with van der Waals surface area (Å²) in [4.78, 5) is 12.4. The standard InChI is InChI=1S/C24H20N2O4/c1-16(20-13-11-17-7-5-6-10-21(17)23(20)27)25-26-24(28)22-14-12-19(30-22)15-29-18-8-3-2-4-9-18/h2-14,27H,15H2,1H3,(H,26,28)/b25-16+. The Labute approximate surface area is 173 Å². The molecule has 0 fully saturated rings. The molecule has 0 aliphatic carbocycles. The van der Waals surface area contributed by atoms with Crippen LogP contribution in [-0.4, -0.2) is 16.7 Å². The van der Waals surface area contributed by atoms with Gasteiger partial charge in [-0.3, -0.25) is 4.79 Å². The van der Waals surface area contributed by atoms with Crippen molar-refractivity contribution in [3.8, 4) is 11.5 Å². The Morgan fingerprint density at radius 2 is 1.77 bits per heavy atom. The van der Waals surface area contributed by atoms with Crippen molar-refractivity contribution in [1.29, 1.82) is 0 Å². The molecule has 1 heterocycles. The summed E-state index contributed by atoms with van der Waals surface area (Å²) in [6.45, 7) is 1.93. The quantitative estimate of drug-likeness (QED) is 0.357. The van der Waals surface area contributed by atoms with Crippen LogP contribution in [0.3, 0.4) is 0 Å². The smallest absolute Gasteiger partial charge is 0.307 e. The van der Waals surface area contributed by atoms with Gasteiger partial charge in [-0.25, -0.2) is 5.43 Å². The van der Waals surface area contributed by atoms with Crippen molar-refractivity contribution in [3.05, 3.63) is 95.9 Å². The first-order valence-electron chi connectivity index (χ1n) is 9.44. The third kappa shape index (κ3) is 4.17. The number of para-hydroxylation sites is 1. The Bertz CT molecular complexity index is 1210. The minimum Gasteiger partial charge on any atom is -0.507 e. The molecule has 1 amide bonds. The largest absolute Gasteiger partial charge is 0.507 e. The zero-order valence-electron chi connectivity index (χ0n) is 16.3. The van der Waals surface area contributed by atoms with Crippen LogP contribution in [0.5, 0.6) is 11.5 Å². The van der Waals surface area contributed by atoms with E-state index in [2.05, 4.69) is 10.5 Å². The lowest BCUT2D eigenvalue weighted by Crippen LogP contribution is -2.18. The Kier molecular flexibility index (Phi) is 5.48. The summed E-state index contributed by atoms with van der Waals surface area (Å²) in [5.41, 5.74) is 3.49. The zero-order chi connectivity index (χ0) is 20.9. The van der Waals surface area contributed by atoms with Gasteiger partial charge in [0.1, 0.15) is 23.9 Å². The number of phenols is 1. The van der Waals surface area contributed by atoms with Gasteiger partial charge in [-0.1, -0.05) is 48.5 Å². The van der Waals surface area contributed by atoms with Crippen LogP contribution >= 0.6 is 0 Å². The highest BCUT2D eigenvalue weighted by Gasteiger charge is 2.13. The summed E-state index contributed by atoms with van der Waals surface area (Å²) in [5.74, 6) is 1.01. The van der Waals surface area contributed by atoms with E-state index < -0.39 is 5.91 Å². The molecule has 3 aromatic carbocycles. The number of nitrogens with zero attached hydrogens (tertiary/aromatic N) is 1. The lowest BCUT2D eigenvalue weighted by atomic mass is 10.0. The average Bonchev–Trinajstić information content (AvgIpc) is 3.26. The number of benzene rings is 3. The predicted molar refractivity (Wildman–Crippen MR) is 115 cm³/mol. The van der Waals surface area contributed by atoms with Gasteiger partial charge >= 0.3 is 5.91 Å². The maximum atomic E-state index is 12.4. The Morgan fingerprint density at radius 3 is 2.60 bits per heavy atom. The Balaban J connectivity index is 1.42. The Hall–Kier alpha value is -4.06. The molecule has 0 aliphatic rings. The number of hydrogen-bond acceptors (Lipinski definition) is 5. The molecule has 30 heavy (non-hydrogen) atoms. The maximum absolute atomic E-state index is 12.4. The summed E-state index contributed by atoms with van der Waals surface area (Å²) < 4.78 is 11.1. The number of carbonyl (C=O) groups is 1. The average molecular weight is 400 g/mol. The van der Waals surface area contributed by atoms with E-state index in [9.17, 15) is 9.90 Å². The Morgan fingerprint density at radius 1 is 1.00 bits per heavy atom. The fourth-order valence-corrected chi connectivity index (χ4v) is 3.05. The minimum atomic E-state index is -0.486. The highest BCUT2D eigenvalue weighted by atomic mass is 16.5. The molecule has 0 saturated heterocycles. The molecule has 6 heteroatoms. The maximum Gasteiger partial charge on any atom is 0.307 e. The van der Waals surface area contributed by atoms with Gasteiger partial charge in [0.15, 0.2) is 5.76 Å². The lowest BCUT2D eigenvalue weighted by molar-refractivity contribution is 0.0923. The number of hydrazone groups is 1. The fourth-order valence-electron chi connectivity index (χ4n) is 3.05. The first-order chi connectivity index (χ1) is 14.6. The monoisotopic (exact) mass is 400 g/mol. The molecule has 4 aromatic rings. The fraction of sp³-hybridized carbons (Fsp3) is 0.0833. The van der Waals surface area contributed by atoms with Crippen molar-refractivity contribution in [1.82, 2.24) is 5.43 Å². The molecule has 4 rings (SSSR count). The van der Waals surface area contributed by atoms with Crippen LogP contribution in [0, 0.1) is 0 Å². The predicted octanol–water partition coefficient (Wildman–Crippen LogP) is 4.87. The number of nitrogens with one attached hydrogen (secondary N) is 1. The number of hydrogen-bond donors (Lipinski definition) is 2. The summed E-state index contributed by atoms with van der Waals surface area (Å²) in [6.07, 6.45) is 0. The summed E-state index contributed by atoms with van der Waals surface area (Å²) in [5, 5.41) is 16.3. The van der Waals surface area contributed by atoms with Gasteiger partial charge < -0.3 is 14.3 Å². The number of ether oxygens (including phenoxy) is 1. The number of furan rings is 1. The molecule has 1 aromatic heterocycles. The number of aromatic hydroxyl groups is 1. The van der Waals surface area contributed by atoms with E-state index >= 15 is 0 Å². The molecule has 0 bridgehead atoms. The van der Waals surface area contributed by atoms with Crippen molar-refractivity contribution >= 4 is 22.4 Å². The molecular weight excluding hydrogens is 380 g/mol. The van der Waals surface area contributed by atoms with Crippen LogP contribution < -0.4 is 10.2 Å². The highest BCUT2D eigenvalue weighted by Crippen LogP contribution is 2.28. The highest BCUT2D eigenvalue weighted by molar-refractivity contribution is 6.06. The van der Waals surface area contributed by atoms with Crippen molar-refractivity contribution in [3.63, 3.8) is 0 Å². The number of phenolic OH excluding ortho intramolecular Hbond substituents is 1. The van der Waals surface area contributed by atoms with Crippen molar-refractivity contribution in [2.75, 3.05) is 0 Å².